The summed E-state index contributed by atoms with van der Waals surface area (Å²) >= 11 is 0. The van der Waals surface area contributed by atoms with E-state index < -0.39 is 11.8 Å². The number of aromatic nitrogens is 3. The molecular formula is C37H42FN7O4. The summed E-state index contributed by atoms with van der Waals surface area (Å²) in [5.41, 5.74) is 5.72. The number of likely N-dealkylation sites (N-methyl/N-ethyl adjacent to an activating group) is 1. The van der Waals surface area contributed by atoms with Gasteiger partial charge in [-0.3, -0.25) is 14.4 Å². The number of nitrogens with zero attached hydrogens (tertiary/aromatic N) is 6. The number of piperazine rings is 1. The minimum atomic E-state index is -0.552. The zero-order valence-corrected chi connectivity index (χ0v) is 28.5. The summed E-state index contributed by atoms with van der Waals surface area (Å²) in [4.78, 5) is 50.2. The highest BCUT2D eigenvalue weighted by molar-refractivity contribution is 6.07. The van der Waals surface area contributed by atoms with E-state index in [1.54, 1.807) is 30.4 Å². The van der Waals surface area contributed by atoms with Crippen LogP contribution in [0.3, 0.4) is 0 Å². The van der Waals surface area contributed by atoms with E-state index in [1.807, 2.05) is 18.2 Å². The van der Waals surface area contributed by atoms with Crippen molar-refractivity contribution >= 4 is 34.8 Å². The summed E-state index contributed by atoms with van der Waals surface area (Å²) in [6.07, 6.45) is 7.51. The molecule has 256 valence electrons. The van der Waals surface area contributed by atoms with Crippen LogP contribution in [0.1, 0.15) is 54.0 Å². The van der Waals surface area contributed by atoms with Gasteiger partial charge in [-0.15, -0.1) is 0 Å². The molecule has 4 aromatic rings. The molecule has 3 aliphatic rings. The Morgan fingerprint density at radius 2 is 1.86 bits per heavy atom. The Morgan fingerprint density at radius 1 is 1.04 bits per heavy atom. The number of pyridine rings is 2. The zero-order chi connectivity index (χ0) is 34.4. The molecule has 11 nitrogen and oxygen atoms in total. The van der Waals surface area contributed by atoms with E-state index in [0.29, 0.717) is 53.0 Å². The molecule has 12 heteroatoms. The Morgan fingerprint density at radius 3 is 2.61 bits per heavy atom. The Labute approximate surface area is 284 Å². The van der Waals surface area contributed by atoms with Crippen molar-refractivity contribution < 1.29 is 18.7 Å². The number of esters is 1. The molecule has 7 rings (SSSR count). The minimum Gasteiger partial charge on any atom is -0.461 e. The molecule has 5 heterocycles. The molecule has 1 saturated heterocycles. The van der Waals surface area contributed by atoms with Crippen molar-refractivity contribution in [1.29, 1.82) is 0 Å². The summed E-state index contributed by atoms with van der Waals surface area (Å²) in [6, 6.07) is 10.5. The highest BCUT2D eigenvalue weighted by Crippen LogP contribution is 2.37. The number of halogens is 1. The van der Waals surface area contributed by atoms with E-state index in [4.69, 9.17) is 4.74 Å². The van der Waals surface area contributed by atoms with E-state index >= 15 is 4.39 Å². The summed E-state index contributed by atoms with van der Waals surface area (Å²) in [5.74, 6) is -0.784. The van der Waals surface area contributed by atoms with E-state index in [2.05, 4.69) is 38.6 Å². The first-order chi connectivity index (χ1) is 23.6. The molecular weight excluding hydrogens is 625 g/mol. The zero-order valence-electron chi connectivity index (χ0n) is 28.5. The quantitative estimate of drug-likeness (QED) is 0.279. The number of anilines is 4. The molecule has 0 saturated carbocycles. The molecule has 0 radical (unpaired) electrons. The predicted molar refractivity (Wildman–Crippen MR) is 187 cm³/mol. The van der Waals surface area contributed by atoms with Crippen LogP contribution < -0.4 is 20.7 Å². The number of carbonyl (C=O) groups is 2. The second kappa shape index (κ2) is 13.1. The molecule has 1 N–H and O–H groups in total. The molecule has 49 heavy (non-hydrogen) atoms. The van der Waals surface area contributed by atoms with Crippen LogP contribution in [0, 0.1) is 5.82 Å². The van der Waals surface area contributed by atoms with Gasteiger partial charge in [0.15, 0.2) is 0 Å². The number of carbonyl (C=O) groups excluding carboxylic acids is 2. The van der Waals surface area contributed by atoms with E-state index in [0.717, 1.165) is 51.0 Å². The third kappa shape index (κ3) is 6.32. The predicted octanol–water partition coefficient (Wildman–Crippen LogP) is 4.87. The largest absolute Gasteiger partial charge is 0.461 e. The van der Waals surface area contributed by atoms with Crippen molar-refractivity contribution in [3.8, 4) is 11.1 Å². The summed E-state index contributed by atoms with van der Waals surface area (Å²) in [7, 11) is 3.74. The standard InChI is InChI=1S/C37H42FN7O4/c1-23-20-41(3)11-12-43(23)28-9-10-35(39-19-28)40-31-15-26(21-42(4)36(31)47)29-17-27(38)18-33(30(29)22-49-24(2)46)45-14-13-44-32-8-6-5-7-25(32)16-34(44)37(45)48/h9-10,15-19,21,23H,5-8,11-14,20,22H2,1-4H3,(H,39,40)/t23-/m1/s1. The van der Waals surface area contributed by atoms with Crippen LogP contribution in [0.2, 0.25) is 0 Å². The van der Waals surface area contributed by atoms with Gasteiger partial charge in [-0.1, -0.05) is 0 Å². The first kappa shape index (κ1) is 32.6. The van der Waals surface area contributed by atoms with Crippen LogP contribution in [0.4, 0.5) is 27.3 Å². The van der Waals surface area contributed by atoms with Gasteiger partial charge in [0.25, 0.3) is 11.5 Å². The molecule has 1 atom stereocenters. The van der Waals surface area contributed by atoms with Crippen LogP contribution in [-0.2, 0) is 42.6 Å². The molecule has 1 aliphatic carbocycles. The average molecular weight is 668 g/mol. The fourth-order valence-corrected chi connectivity index (χ4v) is 7.55. The highest BCUT2D eigenvalue weighted by atomic mass is 19.1. The fourth-order valence-electron chi connectivity index (χ4n) is 7.55. The van der Waals surface area contributed by atoms with Crippen LogP contribution in [-0.4, -0.2) is 70.2 Å². The lowest BCUT2D eigenvalue weighted by Crippen LogP contribution is -2.50. The maximum atomic E-state index is 15.6. The van der Waals surface area contributed by atoms with E-state index in [-0.39, 0.29) is 23.8 Å². The molecule has 0 bridgehead atoms. The molecule has 2 aliphatic heterocycles. The number of ether oxygens (including phenoxy) is 1. The van der Waals surface area contributed by atoms with Crippen LogP contribution in [0.5, 0.6) is 0 Å². The first-order valence-electron chi connectivity index (χ1n) is 17.0. The van der Waals surface area contributed by atoms with E-state index in [9.17, 15) is 14.4 Å². The second-order valence-electron chi connectivity index (χ2n) is 13.4. The topological polar surface area (TPSA) is 105 Å². The van der Waals surface area contributed by atoms with Gasteiger partial charge >= 0.3 is 5.97 Å². The van der Waals surface area contributed by atoms with Gasteiger partial charge in [0.1, 0.15) is 29.6 Å². The van der Waals surface area contributed by atoms with Crippen molar-refractivity contribution in [3.63, 3.8) is 0 Å². The monoisotopic (exact) mass is 667 g/mol. The number of nitrogens with one attached hydrogen (secondary N) is 1. The average Bonchev–Trinajstić information content (AvgIpc) is 3.46. The van der Waals surface area contributed by atoms with Gasteiger partial charge in [0.2, 0.25) is 0 Å². The maximum absolute atomic E-state index is 15.6. The number of fused-ring (bicyclic) bond motifs is 3. The van der Waals surface area contributed by atoms with Crippen molar-refractivity contribution in [2.24, 2.45) is 7.05 Å². The number of aryl methyl sites for hydroxylation is 2. The van der Waals surface area contributed by atoms with Gasteiger partial charge in [-0.05, 0) is 87.2 Å². The van der Waals surface area contributed by atoms with Crippen molar-refractivity contribution in [2.45, 2.75) is 58.7 Å². The van der Waals surface area contributed by atoms with Crippen LogP contribution >= 0.6 is 0 Å². The summed E-state index contributed by atoms with van der Waals surface area (Å²) in [6.45, 7) is 7.08. The van der Waals surface area contributed by atoms with Gasteiger partial charge in [-0.2, -0.15) is 0 Å². The summed E-state index contributed by atoms with van der Waals surface area (Å²) < 4.78 is 24.6. The molecule has 0 unspecified atom stereocenters. The lowest BCUT2D eigenvalue weighted by Gasteiger charge is -2.39. The maximum Gasteiger partial charge on any atom is 0.302 e. The molecule has 1 aromatic carbocycles. The lowest BCUT2D eigenvalue weighted by atomic mass is 9.97. The SMILES string of the molecule is CC(=O)OCc1c(-c2cc(Nc3ccc(N4CCN(C)C[C@H]4C)cn3)c(=O)n(C)c2)cc(F)cc1N1CCn2c(cc3c2CCCC3)C1=O. The Bertz CT molecular complexity index is 1990. The number of hydrogen-bond acceptors (Lipinski definition) is 8. The van der Waals surface area contributed by atoms with Crippen molar-refractivity contribution in [3.05, 3.63) is 87.5 Å². The van der Waals surface area contributed by atoms with E-state index in [1.165, 1.54) is 34.9 Å². The van der Waals surface area contributed by atoms with Gasteiger partial charge in [-0.25, -0.2) is 9.37 Å². The Hall–Kier alpha value is -4.97. The third-order valence-corrected chi connectivity index (χ3v) is 9.99. The van der Waals surface area contributed by atoms with Crippen molar-refractivity contribution in [1.82, 2.24) is 19.0 Å². The fraction of sp³-hybridized carbons (Fsp3) is 0.405. The number of hydrogen-bond donors (Lipinski definition) is 1. The van der Waals surface area contributed by atoms with Gasteiger partial charge < -0.3 is 33.9 Å². The number of amides is 1. The molecule has 0 spiro atoms. The Balaban J connectivity index is 1.24. The van der Waals surface area contributed by atoms with Crippen molar-refractivity contribution in [2.75, 3.05) is 48.3 Å². The second-order valence-corrected chi connectivity index (χ2v) is 13.4. The Kier molecular flexibility index (Phi) is 8.74. The number of benzene rings is 1. The third-order valence-electron chi connectivity index (χ3n) is 9.99. The van der Waals surface area contributed by atoms with Gasteiger partial charge in [0.05, 0.1) is 17.6 Å². The van der Waals surface area contributed by atoms with Crippen LogP contribution in [0.25, 0.3) is 11.1 Å². The molecule has 3 aromatic heterocycles. The molecule has 1 amide bonds. The van der Waals surface area contributed by atoms with Gasteiger partial charge in [0, 0.05) is 75.8 Å². The smallest absolute Gasteiger partial charge is 0.302 e. The summed E-state index contributed by atoms with van der Waals surface area (Å²) in [5, 5.41) is 3.16. The van der Waals surface area contributed by atoms with Crippen LogP contribution in [0.15, 0.2) is 53.6 Å². The lowest BCUT2D eigenvalue weighted by molar-refractivity contribution is -0.142. The molecule has 1 fully saturated rings. The highest BCUT2D eigenvalue weighted by Gasteiger charge is 2.32. The normalized spacial score (nSPS) is 17.9. The number of rotatable bonds is 7. The first-order valence-corrected chi connectivity index (χ1v) is 17.0. The minimum absolute atomic E-state index is 0.180.